The van der Waals surface area contributed by atoms with E-state index in [1.54, 1.807) is 0 Å². The molecule has 1 saturated heterocycles. The molecule has 70 valence electrons. The van der Waals surface area contributed by atoms with Gasteiger partial charge < -0.3 is 4.74 Å². The number of ketones is 1. The molecule has 4 heteroatoms. The molecule has 2 rings (SSSR count). The zero-order valence-corrected chi connectivity index (χ0v) is 9.36. The molecule has 1 aliphatic heterocycles. The van der Waals surface area contributed by atoms with Gasteiger partial charge in [-0.1, -0.05) is 0 Å². The second-order valence-corrected chi connectivity index (χ2v) is 5.43. The summed E-state index contributed by atoms with van der Waals surface area (Å²) in [4.78, 5) is 12.5. The molecule has 1 atom stereocenters. The first-order valence-electron chi connectivity index (χ1n) is 4.18. The van der Waals surface area contributed by atoms with Gasteiger partial charge in [-0.3, -0.25) is 4.79 Å². The highest BCUT2D eigenvalue weighted by molar-refractivity contribution is 9.11. The number of carbonyl (C=O) groups excluding carboxylic acids is 1. The normalized spacial score (nSPS) is 22.1. The third-order valence-corrected chi connectivity index (χ3v) is 3.68. The van der Waals surface area contributed by atoms with Crippen molar-refractivity contribution in [3.63, 3.8) is 0 Å². The average Bonchev–Trinajstić information content (AvgIpc) is 2.72. The molecule has 13 heavy (non-hydrogen) atoms. The molecule has 0 aliphatic carbocycles. The second kappa shape index (κ2) is 3.90. The van der Waals surface area contributed by atoms with E-state index in [0.29, 0.717) is 0 Å². The van der Waals surface area contributed by atoms with Crippen LogP contribution in [-0.2, 0) is 4.74 Å². The summed E-state index contributed by atoms with van der Waals surface area (Å²) < 4.78 is 6.31. The van der Waals surface area contributed by atoms with Crippen molar-refractivity contribution < 1.29 is 9.53 Å². The third-order valence-electron chi connectivity index (χ3n) is 2.04. The lowest BCUT2D eigenvalue weighted by Crippen LogP contribution is -2.18. The minimum atomic E-state index is -0.189. The fourth-order valence-corrected chi connectivity index (χ4v) is 2.76. The van der Waals surface area contributed by atoms with Gasteiger partial charge in [0, 0.05) is 6.61 Å². The fraction of sp³-hybridized carbons (Fsp3) is 0.444. The van der Waals surface area contributed by atoms with E-state index in [1.165, 1.54) is 11.3 Å². The predicted octanol–water partition coefficient (Wildman–Crippen LogP) is 2.87. The molecule has 0 spiro atoms. The Hall–Kier alpha value is -0.190. The van der Waals surface area contributed by atoms with E-state index >= 15 is 0 Å². The van der Waals surface area contributed by atoms with Gasteiger partial charge in [0.2, 0.25) is 5.78 Å². The molecule has 0 bridgehead atoms. The van der Waals surface area contributed by atoms with Crippen molar-refractivity contribution in [3.8, 4) is 0 Å². The van der Waals surface area contributed by atoms with Crippen molar-refractivity contribution in [2.45, 2.75) is 18.9 Å². The first kappa shape index (κ1) is 9.37. The number of carbonyl (C=O) groups is 1. The maximum Gasteiger partial charge on any atom is 0.201 e. The molecule has 0 saturated carbocycles. The van der Waals surface area contributed by atoms with Crippen molar-refractivity contribution >= 4 is 33.0 Å². The summed E-state index contributed by atoms with van der Waals surface area (Å²) in [5.74, 6) is 0.133. The molecular formula is C9H9BrO2S. The standard InChI is InChI=1S/C9H9BrO2S/c10-8-4-3-7(13-8)9(11)6-2-1-5-12-6/h3-4,6H,1-2,5H2. The topological polar surface area (TPSA) is 26.3 Å². The maximum absolute atomic E-state index is 11.7. The molecule has 2 nitrogen and oxygen atoms in total. The van der Waals surface area contributed by atoms with Crippen LogP contribution in [0.5, 0.6) is 0 Å². The lowest BCUT2D eigenvalue weighted by molar-refractivity contribution is 0.0647. The zero-order valence-electron chi connectivity index (χ0n) is 6.96. The van der Waals surface area contributed by atoms with E-state index in [2.05, 4.69) is 15.9 Å². The van der Waals surface area contributed by atoms with Crippen LogP contribution in [0.15, 0.2) is 15.9 Å². The molecule has 1 aliphatic rings. The van der Waals surface area contributed by atoms with Gasteiger partial charge in [0.25, 0.3) is 0 Å². The highest BCUT2D eigenvalue weighted by atomic mass is 79.9. The summed E-state index contributed by atoms with van der Waals surface area (Å²) >= 11 is 4.80. The quantitative estimate of drug-likeness (QED) is 0.765. The molecule has 0 radical (unpaired) electrons. The SMILES string of the molecule is O=C(c1ccc(Br)s1)C1CCCO1. The Morgan fingerprint density at radius 2 is 2.46 bits per heavy atom. The van der Waals surface area contributed by atoms with Crippen LogP contribution in [0.3, 0.4) is 0 Å². The summed E-state index contributed by atoms with van der Waals surface area (Å²) in [6.07, 6.45) is 1.68. The fourth-order valence-electron chi connectivity index (χ4n) is 1.39. The predicted molar refractivity (Wildman–Crippen MR) is 55.3 cm³/mol. The molecule has 0 N–H and O–H groups in total. The van der Waals surface area contributed by atoms with Crippen molar-refractivity contribution in [1.82, 2.24) is 0 Å². The van der Waals surface area contributed by atoms with E-state index in [9.17, 15) is 4.79 Å². The van der Waals surface area contributed by atoms with E-state index in [1.807, 2.05) is 12.1 Å². The molecule has 0 aromatic carbocycles. The van der Waals surface area contributed by atoms with E-state index < -0.39 is 0 Å². The average molecular weight is 261 g/mol. The van der Waals surface area contributed by atoms with Crippen molar-refractivity contribution in [3.05, 3.63) is 20.8 Å². The van der Waals surface area contributed by atoms with Crippen LogP contribution < -0.4 is 0 Å². The van der Waals surface area contributed by atoms with Crippen molar-refractivity contribution in [2.75, 3.05) is 6.61 Å². The Morgan fingerprint density at radius 3 is 3.00 bits per heavy atom. The van der Waals surface area contributed by atoms with Crippen LogP contribution in [0.2, 0.25) is 0 Å². The van der Waals surface area contributed by atoms with Crippen LogP contribution in [0, 0.1) is 0 Å². The number of Topliss-reactive ketones (excluding diaryl/α,β-unsaturated/α-hetero) is 1. The summed E-state index contributed by atoms with van der Waals surface area (Å²) in [5.41, 5.74) is 0. The van der Waals surface area contributed by atoms with Crippen LogP contribution in [0.25, 0.3) is 0 Å². The number of ether oxygens (including phenoxy) is 1. The van der Waals surface area contributed by atoms with Gasteiger partial charge in [0.1, 0.15) is 6.10 Å². The zero-order chi connectivity index (χ0) is 9.26. The van der Waals surface area contributed by atoms with E-state index in [-0.39, 0.29) is 11.9 Å². The summed E-state index contributed by atoms with van der Waals surface area (Å²) in [7, 11) is 0. The van der Waals surface area contributed by atoms with Crippen molar-refractivity contribution in [1.29, 1.82) is 0 Å². The number of hydrogen-bond acceptors (Lipinski definition) is 3. The van der Waals surface area contributed by atoms with Crippen LogP contribution in [0.4, 0.5) is 0 Å². The Labute approximate surface area is 89.0 Å². The van der Waals surface area contributed by atoms with E-state index in [4.69, 9.17) is 4.74 Å². The van der Waals surface area contributed by atoms with Crippen LogP contribution >= 0.6 is 27.3 Å². The smallest absolute Gasteiger partial charge is 0.201 e. The largest absolute Gasteiger partial charge is 0.370 e. The van der Waals surface area contributed by atoms with Gasteiger partial charge in [-0.05, 0) is 40.9 Å². The highest BCUT2D eigenvalue weighted by Gasteiger charge is 2.25. The Bertz CT molecular complexity index is 315. The Balaban J connectivity index is 2.12. The number of halogens is 1. The van der Waals surface area contributed by atoms with Gasteiger partial charge in [0.05, 0.1) is 8.66 Å². The lowest BCUT2D eigenvalue weighted by atomic mass is 10.1. The molecule has 1 fully saturated rings. The van der Waals surface area contributed by atoms with Crippen LogP contribution in [-0.4, -0.2) is 18.5 Å². The van der Waals surface area contributed by atoms with Gasteiger partial charge in [0.15, 0.2) is 0 Å². The van der Waals surface area contributed by atoms with Gasteiger partial charge in [-0.25, -0.2) is 0 Å². The van der Waals surface area contributed by atoms with Crippen LogP contribution in [0.1, 0.15) is 22.5 Å². The maximum atomic E-state index is 11.7. The third kappa shape index (κ3) is 2.00. The lowest BCUT2D eigenvalue weighted by Gasteiger charge is -2.04. The van der Waals surface area contributed by atoms with Crippen molar-refractivity contribution in [2.24, 2.45) is 0 Å². The molecule has 2 heterocycles. The number of hydrogen-bond donors (Lipinski definition) is 0. The highest BCUT2D eigenvalue weighted by Crippen LogP contribution is 2.26. The molecule has 1 unspecified atom stereocenters. The molecular weight excluding hydrogens is 252 g/mol. The second-order valence-electron chi connectivity index (χ2n) is 2.97. The van der Waals surface area contributed by atoms with Gasteiger partial charge in [-0.15, -0.1) is 11.3 Å². The summed E-state index contributed by atoms with van der Waals surface area (Å²) in [6.45, 7) is 0.725. The summed E-state index contributed by atoms with van der Waals surface area (Å²) in [6, 6.07) is 3.74. The molecule has 1 aromatic rings. The summed E-state index contributed by atoms with van der Waals surface area (Å²) in [5, 5.41) is 0. The molecule has 0 amide bonds. The van der Waals surface area contributed by atoms with Gasteiger partial charge >= 0.3 is 0 Å². The first-order valence-corrected chi connectivity index (χ1v) is 5.79. The molecule has 1 aromatic heterocycles. The number of rotatable bonds is 2. The Kier molecular flexibility index (Phi) is 2.81. The van der Waals surface area contributed by atoms with E-state index in [0.717, 1.165) is 28.1 Å². The minimum Gasteiger partial charge on any atom is -0.370 e. The monoisotopic (exact) mass is 260 g/mol. The number of thiophene rings is 1. The first-order chi connectivity index (χ1) is 6.27. The Morgan fingerprint density at radius 1 is 1.62 bits per heavy atom. The minimum absolute atomic E-state index is 0.133. The van der Waals surface area contributed by atoms with Gasteiger partial charge in [-0.2, -0.15) is 0 Å².